The summed E-state index contributed by atoms with van der Waals surface area (Å²) in [6.45, 7) is 25.4. The van der Waals surface area contributed by atoms with Crippen LogP contribution in [-0.2, 0) is 22.4 Å². The molecule has 0 amide bonds. The minimum absolute atomic E-state index is 0.0950. The van der Waals surface area contributed by atoms with E-state index in [1.807, 2.05) is 20.8 Å². The van der Waals surface area contributed by atoms with Gasteiger partial charge in [-0.1, -0.05) is 65.7 Å². The Labute approximate surface area is 236 Å². The molecule has 1 aromatic rings. The van der Waals surface area contributed by atoms with E-state index in [9.17, 15) is 14.4 Å². The fourth-order valence-corrected chi connectivity index (χ4v) is 8.65. The maximum absolute atomic E-state index is 14.7. The molecule has 3 nitrogen and oxygen atoms in total. The Bertz CT molecular complexity index is 1340. The van der Waals surface area contributed by atoms with Gasteiger partial charge < -0.3 is 0 Å². The Hall–Kier alpha value is -2.29. The Morgan fingerprint density at radius 2 is 1.64 bits per heavy atom. The van der Waals surface area contributed by atoms with Crippen molar-refractivity contribution in [2.45, 2.75) is 128 Å². The third-order valence-corrected chi connectivity index (χ3v) is 10.7. The van der Waals surface area contributed by atoms with Gasteiger partial charge in [-0.3, -0.25) is 14.4 Å². The van der Waals surface area contributed by atoms with E-state index in [1.54, 1.807) is 0 Å². The number of ketones is 3. The summed E-state index contributed by atoms with van der Waals surface area (Å²) in [5.74, 6) is 0.180. The van der Waals surface area contributed by atoms with Gasteiger partial charge in [0.1, 0.15) is 0 Å². The highest BCUT2D eigenvalue weighted by Crippen LogP contribution is 2.66. The third kappa shape index (κ3) is 4.43. The summed E-state index contributed by atoms with van der Waals surface area (Å²) in [4.78, 5) is 41.4. The first-order chi connectivity index (χ1) is 17.8. The normalized spacial score (nSPS) is 29.1. The van der Waals surface area contributed by atoms with E-state index in [-0.39, 0.29) is 33.6 Å². The van der Waals surface area contributed by atoms with Crippen LogP contribution in [0.25, 0.3) is 0 Å². The molecule has 0 bridgehead atoms. The monoisotopic (exact) mass is 530 g/mol. The summed E-state index contributed by atoms with van der Waals surface area (Å²) in [7, 11) is 0. The number of fused-ring (bicyclic) bond motifs is 3. The number of hydrogen-bond acceptors (Lipinski definition) is 3. The zero-order valence-electron chi connectivity index (χ0n) is 26.6. The van der Waals surface area contributed by atoms with Crippen molar-refractivity contribution in [3.63, 3.8) is 0 Å². The molecule has 0 saturated heterocycles. The molecule has 3 unspecified atom stereocenters. The second-order valence-electron chi connectivity index (χ2n) is 15.3. The van der Waals surface area contributed by atoms with Gasteiger partial charge >= 0.3 is 0 Å². The Morgan fingerprint density at radius 3 is 2.18 bits per heavy atom. The Morgan fingerprint density at radius 1 is 1.03 bits per heavy atom. The van der Waals surface area contributed by atoms with Crippen molar-refractivity contribution in [3.8, 4) is 0 Å². The maximum Gasteiger partial charge on any atom is 0.190 e. The lowest BCUT2D eigenvalue weighted by atomic mass is 9.42. The van der Waals surface area contributed by atoms with Crippen molar-refractivity contribution in [1.82, 2.24) is 0 Å². The zero-order chi connectivity index (χ0) is 29.5. The van der Waals surface area contributed by atoms with E-state index in [1.165, 1.54) is 23.6 Å². The zero-order valence-corrected chi connectivity index (χ0v) is 26.6. The highest BCUT2D eigenvalue weighted by Gasteiger charge is 2.63. The van der Waals surface area contributed by atoms with Crippen molar-refractivity contribution >= 4 is 17.3 Å². The van der Waals surface area contributed by atoms with Gasteiger partial charge in [0.05, 0.1) is 11.0 Å². The van der Waals surface area contributed by atoms with Crippen LogP contribution < -0.4 is 0 Å². The van der Waals surface area contributed by atoms with Gasteiger partial charge in [-0.2, -0.15) is 0 Å². The smallest absolute Gasteiger partial charge is 0.190 e. The molecular weight excluding hydrogens is 480 g/mol. The van der Waals surface area contributed by atoms with Crippen LogP contribution in [0.15, 0.2) is 28.4 Å². The molecule has 0 fully saturated rings. The van der Waals surface area contributed by atoms with Gasteiger partial charge in [0.25, 0.3) is 0 Å². The quantitative estimate of drug-likeness (QED) is 0.357. The van der Waals surface area contributed by atoms with Gasteiger partial charge in [0.2, 0.25) is 0 Å². The molecule has 3 heteroatoms. The number of allylic oxidation sites excluding steroid dienone is 4. The van der Waals surface area contributed by atoms with Crippen LogP contribution in [0.1, 0.15) is 140 Å². The number of carbonyl (C=O) groups excluding carboxylic acids is 3. The van der Waals surface area contributed by atoms with Gasteiger partial charge in [0.15, 0.2) is 17.3 Å². The summed E-state index contributed by atoms with van der Waals surface area (Å²) in [6, 6.07) is 2.39. The lowest BCUT2D eigenvalue weighted by Gasteiger charge is -2.59. The van der Waals surface area contributed by atoms with E-state index in [0.717, 1.165) is 60.0 Å². The van der Waals surface area contributed by atoms with E-state index < -0.39 is 5.41 Å². The SMILES string of the molecule is CC(=O)C1=C(C)CC2(C)CC3(C)Cc4c(C(C)C)cc(CCCC(C)(C)C)c(C)c4C(=O)C3=C(C)C2(C)C1=O. The van der Waals surface area contributed by atoms with Crippen molar-refractivity contribution in [2.75, 3.05) is 0 Å². The number of carbonyl (C=O) groups is 3. The molecule has 0 spiro atoms. The van der Waals surface area contributed by atoms with Crippen LogP contribution in [0.2, 0.25) is 0 Å². The number of hydrogen-bond donors (Lipinski definition) is 0. The van der Waals surface area contributed by atoms with Crippen molar-refractivity contribution in [1.29, 1.82) is 0 Å². The molecular formula is C36H50O3. The summed E-state index contributed by atoms with van der Waals surface area (Å²) in [5.41, 5.74) is 7.48. The van der Waals surface area contributed by atoms with Crippen LogP contribution in [-0.4, -0.2) is 17.3 Å². The fourth-order valence-electron chi connectivity index (χ4n) is 8.65. The minimum Gasteiger partial charge on any atom is -0.294 e. The molecule has 4 rings (SSSR count). The number of Topliss-reactive ketones (excluding diaryl/α,β-unsaturated/α-hetero) is 3. The summed E-state index contributed by atoms with van der Waals surface area (Å²) >= 11 is 0. The number of aryl methyl sites for hydroxylation is 1. The van der Waals surface area contributed by atoms with Gasteiger partial charge in [-0.15, -0.1) is 0 Å². The lowest BCUT2D eigenvalue weighted by Crippen LogP contribution is -2.57. The van der Waals surface area contributed by atoms with E-state index >= 15 is 0 Å². The molecule has 3 aliphatic carbocycles. The first-order valence-electron chi connectivity index (χ1n) is 15.0. The van der Waals surface area contributed by atoms with Crippen molar-refractivity contribution in [2.24, 2.45) is 21.7 Å². The lowest BCUT2D eigenvalue weighted by molar-refractivity contribution is -0.134. The third-order valence-electron chi connectivity index (χ3n) is 10.7. The summed E-state index contributed by atoms with van der Waals surface area (Å²) in [6.07, 6.45) is 5.49. The van der Waals surface area contributed by atoms with Crippen LogP contribution in [0.4, 0.5) is 0 Å². The molecule has 1 aromatic carbocycles. The largest absolute Gasteiger partial charge is 0.294 e. The standard InChI is InChI=1S/C36H50O3/c1-20(2)26-16-25(14-13-15-33(7,8)9)22(4)29-27(26)18-34(10)19-35(11)17-21(3)28(24(6)37)32(39)36(35,12)23(5)30(34)31(29)38/h16,20H,13-15,17-19H2,1-12H3. The second-order valence-corrected chi connectivity index (χ2v) is 15.3. The van der Waals surface area contributed by atoms with Crippen molar-refractivity contribution < 1.29 is 14.4 Å². The van der Waals surface area contributed by atoms with Gasteiger partial charge in [0, 0.05) is 16.6 Å². The molecule has 0 radical (unpaired) electrons. The Balaban J connectivity index is 1.93. The fraction of sp³-hybridized carbons (Fsp3) is 0.639. The highest BCUT2D eigenvalue weighted by molar-refractivity contribution is 6.24. The number of benzene rings is 1. The average Bonchev–Trinajstić information content (AvgIpc) is 2.76. The highest BCUT2D eigenvalue weighted by atomic mass is 16.2. The maximum atomic E-state index is 14.7. The molecule has 0 N–H and O–H groups in total. The molecule has 39 heavy (non-hydrogen) atoms. The topological polar surface area (TPSA) is 51.2 Å². The van der Waals surface area contributed by atoms with Crippen molar-refractivity contribution in [3.05, 3.63) is 56.2 Å². The first kappa shape index (κ1) is 29.7. The minimum atomic E-state index is -0.866. The predicted octanol–water partition coefficient (Wildman–Crippen LogP) is 8.84. The molecule has 3 atom stereocenters. The van der Waals surface area contributed by atoms with Crippen LogP contribution in [0.5, 0.6) is 0 Å². The molecule has 0 aromatic heterocycles. The number of rotatable bonds is 5. The van der Waals surface area contributed by atoms with E-state index in [4.69, 9.17) is 0 Å². The van der Waals surface area contributed by atoms with Crippen LogP contribution in [0.3, 0.4) is 0 Å². The summed E-state index contributed by atoms with van der Waals surface area (Å²) in [5, 5.41) is 0. The van der Waals surface area contributed by atoms with Crippen LogP contribution >= 0.6 is 0 Å². The predicted molar refractivity (Wildman–Crippen MR) is 160 cm³/mol. The van der Waals surface area contributed by atoms with Gasteiger partial charge in [-0.05, 0) is 112 Å². The molecule has 3 aliphatic rings. The Kier molecular flexibility index (Phi) is 7.14. The van der Waals surface area contributed by atoms with E-state index in [2.05, 4.69) is 61.5 Å². The van der Waals surface area contributed by atoms with E-state index in [0.29, 0.717) is 17.9 Å². The average molecular weight is 531 g/mol. The second kappa shape index (κ2) is 9.38. The van der Waals surface area contributed by atoms with Crippen LogP contribution in [0, 0.1) is 28.6 Å². The molecule has 212 valence electrons. The van der Waals surface area contributed by atoms with Gasteiger partial charge in [-0.25, -0.2) is 0 Å². The molecule has 0 heterocycles. The molecule has 0 saturated carbocycles. The first-order valence-corrected chi connectivity index (χ1v) is 15.0. The molecule has 0 aliphatic heterocycles. The summed E-state index contributed by atoms with van der Waals surface area (Å²) < 4.78 is 0.